The predicted octanol–water partition coefficient (Wildman–Crippen LogP) is 3.30. The molecule has 0 unspecified atom stereocenters. The van der Waals surface area contributed by atoms with E-state index in [0.717, 1.165) is 11.1 Å². The fourth-order valence-electron chi connectivity index (χ4n) is 4.56. The van der Waals surface area contributed by atoms with Crippen LogP contribution in [0.2, 0.25) is 0 Å². The van der Waals surface area contributed by atoms with Gasteiger partial charge < -0.3 is 19.5 Å². The van der Waals surface area contributed by atoms with Crippen molar-refractivity contribution in [1.82, 2.24) is 14.2 Å². The number of fused-ring (bicyclic) bond motifs is 1. The molecule has 4 rings (SSSR count). The smallest absolute Gasteiger partial charge is 0.253 e. The molecule has 0 radical (unpaired) electrons. The number of hydrogen-bond donors (Lipinski definition) is 1. The molecule has 0 saturated heterocycles. The zero-order chi connectivity index (χ0) is 27.4. The maximum Gasteiger partial charge on any atom is 0.253 e. The number of carbonyl (C=O) groups is 1. The third kappa shape index (κ3) is 5.52. The lowest BCUT2D eigenvalue weighted by molar-refractivity contribution is 0.0563. The highest BCUT2D eigenvalue weighted by Gasteiger charge is 2.38. The third-order valence-corrected chi connectivity index (χ3v) is 8.83. The van der Waals surface area contributed by atoms with E-state index < -0.39 is 22.2 Å². The second-order valence-electron chi connectivity index (χ2n) is 9.52. The Labute approximate surface area is 223 Å². The van der Waals surface area contributed by atoms with Crippen LogP contribution in [-0.4, -0.2) is 79.6 Å². The summed E-state index contributed by atoms with van der Waals surface area (Å²) >= 11 is 0. The Bertz CT molecular complexity index is 1380. The van der Waals surface area contributed by atoms with Gasteiger partial charge in [0.05, 0.1) is 20.3 Å². The van der Waals surface area contributed by atoms with Crippen LogP contribution in [0.1, 0.15) is 24.2 Å². The second-order valence-corrected chi connectivity index (χ2v) is 11.4. The van der Waals surface area contributed by atoms with Gasteiger partial charge in [0.1, 0.15) is 22.5 Å². The Morgan fingerprint density at radius 1 is 1.21 bits per heavy atom. The fourth-order valence-corrected chi connectivity index (χ4v) is 6.39. The molecule has 10 heteroatoms. The van der Waals surface area contributed by atoms with Crippen molar-refractivity contribution in [3.8, 4) is 22.6 Å². The van der Waals surface area contributed by atoms with E-state index in [4.69, 9.17) is 9.47 Å². The van der Waals surface area contributed by atoms with Gasteiger partial charge in [-0.1, -0.05) is 31.2 Å². The molecular weight excluding hydrogens is 506 g/mol. The van der Waals surface area contributed by atoms with Gasteiger partial charge in [0.25, 0.3) is 5.91 Å². The first-order chi connectivity index (χ1) is 18.2. The molecule has 1 aromatic heterocycles. The molecular formula is C28H33N3O6S. The highest BCUT2D eigenvalue weighted by Crippen LogP contribution is 2.38. The molecule has 0 bridgehead atoms. The average molecular weight is 540 g/mol. The summed E-state index contributed by atoms with van der Waals surface area (Å²) in [6.45, 7) is 3.58. The Morgan fingerprint density at radius 3 is 2.61 bits per heavy atom. The summed E-state index contributed by atoms with van der Waals surface area (Å²) in [5.74, 6) is 0.338. The Hall–Kier alpha value is -3.47. The van der Waals surface area contributed by atoms with Gasteiger partial charge in [-0.25, -0.2) is 8.42 Å². The van der Waals surface area contributed by atoms with Gasteiger partial charge in [0.2, 0.25) is 10.0 Å². The zero-order valence-electron chi connectivity index (χ0n) is 21.9. The van der Waals surface area contributed by atoms with E-state index in [9.17, 15) is 18.3 Å². The van der Waals surface area contributed by atoms with Crippen LogP contribution >= 0.6 is 0 Å². The normalized spacial score (nSPS) is 19.8. The first-order valence-electron chi connectivity index (χ1n) is 12.4. The Balaban J connectivity index is 1.77. The maximum absolute atomic E-state index is 13.8. The lowest BCUT2D eigenvalue weighted by Crippen LogP contribution is -2.50. The van der Waals surface area contributed by atoms with E-state index in [1.807, 2.05) is 31.2 Å². The summed E-state index contributed by atoms with van der Waals surface area (Å²) < 4.78 is 40.8. The van der Waals surface area contributed by atoms with Crippen molar-refractivity contribution in [3.63, 3.8) is 0 Å². The van der Waals surface area contributed by atoms with E-state index in [1.54, 1.807) is 62.6 Å². The van der Waals surface area contributed by atoms with E-state index >= 15 is 0 Å². The number of para-hydroxylation sites is 1. The van der Waals surface area contributed by atoms with Crippen LogP contribution in [0, 0.1) is 5.92 Å². The number of hydrogen-bond acceptors (Lipinski definition) is 7. The number of ether oxygens (including phenoxy) is 2. The van der Waals surface area contributed by atoms with E-state index in [0.29, 0.717) is 11.3 Å². The van der Waals surface area contributed by atoms with Crippen LogP contribution in [0.4, 0.5) is 0 Å². The molecule has 3 aromatic rings. The predicted molar refractivity (Wildman–Crippen MR) is 144 cm³/mol. The molecule has 2 aromatic carbocycles. The number of aliphatic hydroxyl groups is 1. The minimum absolute atomic E-state index is 0.0106. The van der Waals surface area contributed by atoms with Gasteiger partial charge in [-0.15, -0.1) is 0 Å². The molecule has 38 heavy (non-hydrogen) atoms. The van der Waals surface area contributed by atoms with Gasteiger partial charge in [-0.2, -0.15) is 4.31 Å². The van der Waals surface area contributed by atoms with Crippen LogP contribution in [0.3, 0.4) is 0 Å². The first kappa shape index (κ1) is 27.6. The number of methoxy groups -OCH3 is 1. The number of carbonyl (C=O) groups excluding carboxylic acids is 1. The lowest BCUT2D eigenvalue weighted by atomic mass is 10.0. The first-order valence-corrected chi connectivity index (χ1v) is 13.8. The zero-order valence-corrected chi connectivity index (χ0v) is 22.8. The molecule has 202 valence electrons. The monoisotopic (exact) mass is 539 g/mol. The molecule has 0 spiro atoms. The second kappa shape index (κ2) is 11.5. The minimum atomic E-state index is -3.98. The molecule has 1 N–H and O–H groups in total. The largest absolute Gasteiger partial charge is 0.496 e. The topological polar surface area (TPSA) is 109 Å². The number of amides is 1. The molecule has 0 fully saturated rings. The minimum Gasteiger partial charge on any atom is -0.496 e. The maximum atomic E-state index is 13.8. The molecule has 0 saturated carbocycles. The number of likely N-dealkylation sites (N-methyl/N-ethyl adjacent to an activating group) is 1. The van der Waals surface area contributed by atoms with E-state index in [1.165, 1.54) is 10.4 Å². The molecule has 3 atom stereocenters. The molecule has 1 aliphatic rings. The molecule has 9 nitrogen and oxygen atoms in total. The number of pyridine rings is 1. The summed E-state index contributed by atoms with van der Waals surface area (Å²) in [5.41, 5.74) is 2.01. The van der Waals surface area contributed by atoms with Crippen LogP contribution in [0.5, 0.6) is 11.5 Å². The molecule has 1 amide bonds. The number of aliphatic hydroxyl groups excluding tert-OH is 1. The molecule has 1 aliphatic heterocycles. The highest BCUT2D eigenvalue weighted by atomic mass is 32.2. The Kier molecular flexibility index (Phi) is 8.35. The van der Waals surface area contributed by atoms with Crippen molar-refractivity contribution in [1.29, 1.82) is 0 Å². The third-order valence-electron chi connectivity index (χ3n) is 6.81. The van der Waals surface area contributed by atoms with Crippen molar-refractivity contribution >= 4 is 15.9 Å². The fraction of sp³-hybridized carbons (Fsp3) is 0.357. The van der Waals surface area contributed by atoms with Crippen LogP contribution in [0.15, 0.2) is 71.9 Å². The van der Waals surface area contributed by atoms with Crippen molar-refractivity contribution in [2.45, 2.75) is 30.9 Å². The summed E-state index contributed by atoms with van der Waals surface area (Å²) in [5, 5.41) is 9.87. The van der Waals surface area contributed by atoms with Gasteiger partial charge in [0, 0.05) is 49.1 Å². The number of sulfonamides is 1. The van der Waals surface area contributed by atoms with Crippen molar-refractivity contribution < 1.29 is 27.8 Å². The van der Waals surface area contributed by atoms with Crippen LogP contribution < -0.4 is 9.47 Å². The van der Waals surface area contributed by atoms with Crippen molar-refractivity contribution in [2.75, 3.05) is 33.9 Å². The van der Waals surface area contributed by atoms with Crippen molar-refractivity contribution in [2.24, 2.45) is 5.92 Å². The highest BCUT2D eigenvalue weighted by molar-refractivity contribution is 7.89. The van der Waals surface area contributed by atoms with Gasteiger partial charge >= 0.3 is 0 Å². The summed E-state index contributed by atoms with van der Waals surface area (Å²) in [6.07, 6.45) is 2.59. The number of rotatable bonds is 7. The number of aromatic nitrogens is 1. The molecule has 2 heterocycles. The summed E-state index contributed by atoms with van der Waals surface area (Å²) in [6, 6.07) is 15.1. The van der Waals surface area contributed by atoms with E-state index in [2.05, 4.69) is 4.98 Å². The Morgan fingerprint density at radius 2 is 1.92 bits per heavy atom. The van der Waals surface area contributed by atoms with Gasteiger partial charge in [0.15, 0.2) is 0 Å². The lowest BCUT2D eigenvalue weighted by Gasteiger charge is -2.37. The summed E-state index contributed by atoms with van der Waals surface area (Å²) in [4.78, 5) is 18.6. The average Bonchev–Trinajstić information content (AvgIpc) is 2.94. The number of nitrogens with zero attached hydrogens (tertiary/aromatic N) is 3. The van der Waals surface area contributed by atoms with Crippen LogP contribution in [-0.2, 0) is 10.0 Å². The standard InChI is InChI=1S/C28H33N3O6S/c1-19-16-31(20(2)18-32)38(34,35)27-10-9-22(23-7-5-6-8-24(23)36-4)15-25(27)37-26(19)17-30(3)28(33)21-11-13-29-14-12-21/h5-15,19-20,26,32H,16-18H2,1-4H3/t19-,20+,26-/m0/s1. The summed E-state index contributed by atoms with van der Waals surface area (Å²) in [7, 11) is -0.716. The van der Waals surface area contributed by atoms with Gasteiger partial charge in [-0.3, -0.25) is 9.78 Å². The van der Waals surface area contributed by atoms with E-state index in [-0.39, 0.29) is 42.2 Å². The quantitative estimate of drug-likeness (QED) is 0.491. The number of benzene rings is 2. The van der Waals surface area contributed by atoms with Crippen molar-refractivity contribution in [3.05, 3.63) is 72.6 Å². The SMILES string of the molecule is COc1ccccc1-c1ccc2c(c1)O[C@@H](CN(C)C(=O)c1ccncc1)[C@@H](C)CN([C@H](C)CO)S2(=O)=O. The molecule has 0 aliphatic carbocycles. The van der Waals surface area contributed by atoms with Gasteiger partial charge in [-0.05, 0) is 42.8 Å². The van der Waals surface area contributed by atoms with Crippen LogP contribution in [0.25, 0.3) is 11.1 Å².